The van der Waals surface area contributed by atoms with Crippen LogP contribution in [0.5, 0.6) is 0 Å². The van der Waals surface area contributed by atoms with Gasteiger partial charge < -0.3 is 10.8 Å². The Morgan fingerprint density at radius 3 is 2.75 bits per heavy atom. The summed E-state index contributed by atoms with van der Waals surface area (Å²) < 4.78 is 0. The summed E-state index contributed by atoms with van der Waals surface area (Å²) in [4.78, 5) is 16.5. The van der Waals surface area contributed by atoms with Crippen molar-refractivity contribution in [2.24, 2.45) is 11.1 Å². The fraction of sp³-hybridized carbons (Fsp3) is 0.636. The fourth-order valence-corrected chi connectivity index (χ4v) is 2.77. The maximum absolute atomic E-state index is 11.4. The molecule has 16 heavy (non-hydrogen) atoms. The van der Waals surface area contributed by atoms with Crippen LogP contribution < -0.4 is 5.73 Å². The number of aromatic nitrogens is 1. The number of carboxylic acid groups (broad SMARTS) is 1. The zero-order valence-corrected chi connectivity index (χ0v) is 10.5. The van der Waals surface area contributed by atoms with Gasteiger partial charge in [-0.1, -0.05) is 13.3 Å². The molecule has 0 aromatic carbocycles. The van der Waals surface area contributed by atoms with E-state index < -0.39 is 11.4 Å². The molecular formula is C11H18N2O2S. The number of aryl methyl sites for hydroxylation is 1. The van der Waals surface area contributed by atoms with Crippen LogP contribution in [0.3, 0.4) is 0 Å². The van der Waals surface area contributed by atoms with Crippen LogP contribution in [0.25, 0.3) is 0 Å². The summed E-state index contributed by atoms with van der Waals surface area (Å²) in [5.41, 5.74) is 4.83. The fourth-order valence-electron chi connectivity index (χ4n) is 1.83. The van der Waals surface area contributed by atoms with Gasteiger partial charge in [0.15, 0.2) is 0 Å². The van der Waals surface area contributed by atoms with Crippen LogP contribution in [0.1, 0.15) is 29.7 Å². The first-order valence-corrected chi connectivity index (χ1v) is 6.20. The van der Waals surface area contributed by atoms with Gasteiger partial charge in [-0.3, -0.25) is 4.79 Å². The molecule has 0 fully saturated rings. The third-order valence-electron chi connectivity index (χ3n) is 2.75. The SMILES string of the molecule is CCCC(CN)(Cc1cnc(C)s1)C(=O)O. The van der Waals surface area contributed by atoms with Crippen molar-refractivity contribution in [3.8, 4) is 0 Å². The second-order valence-corrected chi connectivity index (χ2v) is 5.38. The van der Waals surface area contributed by atoms with E-state index in [0.29, 0.717) is 12.8 Å². The normalized spacial score (nSPS) is 14.7. The minimum Gasteiger partial charge on any atom is -0.481 e. The Morgan fingerprint density at radius 1 is 1.69 bits per heavy atom. The van der Waals surface area contributed by atoms with E-state index in [1.165, 1.54) is 0 Å². The minimum atomic E-state index is -0.826. The van der Waals surface area contributed by atoms with Crippen molar-refractivity contribution in [2.75, 3.05) is 6.54 Å². The van der Waals surface area contributed by atoms with Gasteiger partial charge in [0.05, 0.1) is 10.4 Å². The van der Waals surface area contributed by atoms with E-state index in [1.807, 2.05) is 13.8 Å². The summed E-state index contributed by atoms with van der Waals surface area (Å²) in [5, 5.41) is 10.3. The van der Waals surface area contributed by atoms with Crippen LogP contribution in [-0.4, -0.2) is 22.6 Å². The average molecular weight is 242 g/mol. The summed E-state index contributed by atoms with van der Waals surface area (Å²) >= 11 is 1.54. The number of aliphatic carboxylic acids is 1. The van der Waals surface area contributed by atoms with Crippen LogP contribution >= 0.6 is 11.3 Å². The number of hydrogen-bond acceptors (Lipinski definition) is 4. The number of nitrogens with two attached hydrogens (primary N) is 1. The van der Waals surface area contributed by atoms with E-state index >= 15 is 0 Å². The highest BCUT2D eigenvalue weighted by molar-refractivity contribution is 7.11. The van der Waals surface area contributed by atoms with Gasteiger partial charge in [-0.2, -0.15) is 0 Å². The predicted molar refractivity (Wildman–Crippen MR) is 64.6 cm³/mol. The number of rotatable bonds is 6. The van der Waals surface area contributed by atoms with Crippen molar-refractivity contribution < 1.29 is 9.90 Å². The molecule has 0 aliphatic rings. The van der Waals surface area contributed by atoms with E-state index in [9.17, 15) is 9.90 Å². The molecule has 3 N–H and O–H groups in total. The van der Waals surface area contributed by atoms with Crippen molar-refractivity contribution in [2.45, 2.75) is 33.1 Å². The van der Waals surface area contributed by atoms with Crippen LogP contribution in [0, 0.1) is 12.3 Å². The predicted octanol–water partition coefficient (Wildman–Crippen LogP) is 1.82. The molecule has 1 heterocycles. The molecule has 0 amide bonds. The number of carboxylic acids is 1. The van der Waals surface area contributed by atoms with Gasteiger partial charge >= 0.3 is 5.97 Å². The molecule has 0 aliphatic carbocycles. The lowest BCUT2D eigenvalue weighted by atomic mass is 9.80. The minimum absolute atomic E-state index is 0.174. The van der Waals surface area contributed by atoms with Crippen LogP contribution in [0.15, 0.2) is 6.20 Å². The van der Waals surface area contributed by atoms with Crippen LogP contribution in [0.4, 0.5) is 0 Å². The lowest BCUT2D eigenvalue weighted by Gasteiger charge is -2.26. The molecule has 4 nitrogen and oxygen atoms in total. The zero-order valence-electron chi connectivity index (χ0n) is 9.69. The molecule has 5 heteroatoms. The Hall–Kier alpha value is -0.940. The lowest BCUT2D eigenvalue weighted by molar-refractivity contribution is -0.148. The zero-order chi connectivity index (χ0) is 12.2. The number of hydrogen-bond donors (Lipinski definition) is 2. The highest BCUT2D eigenvalue weighted by Gasteiger charge is 2.36. The summed E-state index contributed by atoms with van der Waals surface area (Å²) in [6, 6.07) is 0. The third kappa shape index (κ3) is 2.80. The first-order valence-electron chi connectivity index (χ1n) is 5.39. The molecule has 0 spiro atoms. The summed E-state index contributed by atoms with van der Waals surface area (Å²) in [5.74, 6) is -0.803. The second-order valence-electron chi connectivity index (χ2n) is 4.06. The van der Waals surface area contributed by atoms with Gasteiger partial charge in [0.2, 0.25) is 0 Å². The Kier molecular flexibility index (Phi) is 4.44. The van der Waals surface area contributed by atoms with E-state index in [4.69, 9.17) is 5.73 Å². The van der Waals surface area contributed by atoms with Gasteiger partial charge in [-0.25, -0.2) is 4.98 Å². The Bertz CT molecular complexity index is 365. The highest BCUT2D eigenvalue weighted by Crippen LogP contribution is 2.30. The standard InChI is InChI=1S/C11H18N2O2S/c1-3-4-11(7-12,10(14)15)5-9-6-13-8(2)16-9/h6H,3-5,7,12H2,1-2H3,(H,14,15). The van der Waals surface area contributed by atoms with E-state index in [2.05, 4.69) is 4.98 Å². The van der Waals surface area contributed by atoms with Crippen LogP contribution in [-0.2, 0) is 11.2 Å². The quantitative estimate of drug-likeness (QED) is 0.798. The van der Waals surface area contributed by atoms with E-state index in [0.717, 1.165) is 16.3 Å². The number of thiazole rings is 1. The molecule has 1 rings (SSSR count). The van der Waals surface area contributed by atoms with Crippen molar-refractivity contribution in [1.82, 2.24) is 4.98 Å². The summed E-state index contributed by atoms with van der Waals surface area (Å²) in [6.07, 6.45) is 3.66. The highest BCUT2D eigenvalue weighted by atomic mass is 32.1. The molecule has 0 radical (unpaired) electrons. The molecule has 1 unspecified atom stereocenters. The first kappa shape index (κ1) is 13.1. The lowest BCUT2D eigenvalue weighted by Crippen LogP contribution is -2.40. The number of carbonyl (C=O) groups is 1. The molecule has 0 aliphatic heterocycles. The molecular weight excluding hydrogens is 224 g/mol. The topological polar surface area (TPSA) is 76.2 Å². The Labute approximate surface area is 99.5 Å². The maximum Gasteiger partial charge on any atom is 0.311 e. The van der Waals surface area contributed by atoms with Crippen molar-refractivity contribution in [3.05, 3.63) is 16.1 Å². The van der Waals surface area contributed by atoms with E-state index in [1.54, 1.807) is 17.5 Å². The maximum atomic E-state index is 11.4. The van der Waals surface area contributed by atoms with Gasteiger partial charge in [0, 0.05) is 24.0 Å². The third-order valence-corrected chi connectivity index (χ3v) is 3.67. The van der Waals surface area contributed by atoms with Gasteiger partial charge in [-0.15, -0.1) is 11.3 Å². The Morgan fingerprint density at radius 2 is 2.38 bits per heavy atom. The molecule has 1 aromatic rings. The van der Waals surface area contributed by atoms with Crippen molar-refractivity contribution >= 4 is 17.3 Å². The van der Waals surface area contributed by atoms with Gasteiger partial charge in [0.1, 0.15) is 0 Å². The molecule has 1 aromatic heterocycles. The van der Waals surface area contributed by atoms with Gasteiger partial charge in [0.25, 0.3) is 0 Å². The number of nitrogens with zero attached hydrogens (tertiary/aromatic N) is 1. The van der Waals surface area contributed by atoms with Crippen molar-refractivity contribution in [3.63, 3.8) is 0 Å². The largest absolute Gasteiger partial charge is 0.481 e. The average Bonchev–Trinajstić information content (AvgIpc) is 2.63. The monoisotopic (exact) mass is 242 g/mol. The molecule has 0 bridgehead atoms. The second kappa shape index (κ2) is 5.41. The summed E-state index contributed by atoms with van der Waals surface area (Å²) in [7, 11) is 0. The van der Waals surface area contributed by atoms with Crippen molar-refractivity contribution in [1.29, 1.82) is 0 Å². The smallest absolute Gasteiger partial charge is 0.311 e. The molecule has 0 saturated heterocycles. The molecule has 0 saturated carbocycles. The Balaban J connectivity index is 2.89. The first-order chi connectivity index (χ1) is 7.54. The summed E-state index contributed by atoms with van der Waals surface area (Å²) in [6.45, 7) is 4.07. The van der Waals surface area contributed by atoms with Gasteiger partial charge in [-0.05, 0) is 13.3 Å². The van der Waals surface area contributed by atoms with Crippen LogP contribution in [0.2, 0.25) is 0 Å². The molecule has 90 valence electrons. The van der Waals surface area contributed by atoms with E-state index in [-0.39, 0.29) is 6.54 Å². The molecule has 1 atom stereocenters.